The molecule has 20 heavy (non-hydrogen) atoms. The molecule has 0 fully saturated rings. The van der Waals surface area contributed by atoms with E-state index in [1.54, 1.807) is 0 Å². The normalized spacial score (nSPS) is 18.6. The van der Waals surface area contributed by atoms with Crippen LogP contribution in [0.25, 0.3) is 0 Å². The minimum atomic E-state index is -4.92. The number of phosphoric acid groups is 1. The molecule has 0 aromatic heterocycles. The first-order chi connectivity index (χ1) is 9.49. The van der Waals surface area contributed by atoms with Crippen molar-refractivity contribution < 1.29 is 50.3 Å². The van der Waals surface area contributed by atoms with Crippen LogP contribution >= 0.6 is 7.82 Å². The topological polar surface area (TPSA) is 194 Å². The van der Waals surface area contributed by atoms with Crippen LogP contribution in [0.15, 0.2) is 0 Å². The van der Waals surface area contributed by atoms with E-state index in [0.29, 0.717) is 0 Å². The van der Waals surface area contributed by atoms with E-state index in [9.17, 15) is 34.6 Å². The number of phosphoric ester groups is 1. The van der Waals surface area contributed by atoms with Gasteiger partial charge in [0.05, 0.1) is 6.61 Å². The predicted molar refractivity (Wildman–Crippen MR) is 60.8 cm³/mol. The van der Waals surface area contributed by atoms with Gasteiger partial charge in [-0.2, -0.15) is 0 Å². The fourth-order valence-electron chi connectivity index (χ4n) is 1.05. The molecule has 0 aliphatic carbocycles. The van der Waals surface area contributed by atoms with Gasteiger partial charge in [-0.1, -0.05) is 0 Å². The van der Waals surface area contributed by atoms with Crippen molar-refractivity contribution in [3.8, 4) is 0 Å². The summed E-state index contributed by atoms with van der Waals surface area (Å²) in [6, 6.07) is 0. The third-order valence-corrected chi connectivity index (χ3v) is 2.50. The van der Waals surface area contributed by atoms with Crippen molar-refractivity contribution in [2.45, 2.75) is 31.3 Å². The maximum Gasteiger partial charge on any atom is 0.469 e. The van der Waals surface area contributed by atoms with E-state index >= 15 is 0 Å². The van der Waals surface area contributed by atoms with Crippen LogP contribution < -0.4 is 5.32 Å². The number of amides is 2. The van der Waals surface area contributed by atoms with Crippen LogP contribution in [0.4, 0.5) is 0 Å². The highest BCUT2D eigenvalue weighted by molar-refractivity contribution is 7.46. The lowest BCUT2D eigenvalue weighted by Gasteiger charge is -2.25. The summed E-state index contributed by atoms with van der Waals surface area (Å²) in [5.74, 6) is -2.48. The first kappa shape index (κ1) is 17.1. The second-order valence-corrected chi connectivity index (χ2v) is 4.93. The molecule has 7 N–H and O–H groups in total. The Hall–Kier alpha value is -0.910. The molecule has 11 nitrogen and oxygen atoms in total. The maximum atomic E-state index is 11.2. The van der Waals surface area contributed by atoms with Crippen molar-refractivity contribution in [1.29, 1.82) is 0 Å². The van der Waals surface area contributed by atoms with E-state index in [1.165, 1.54) is 5.32 Å². The third-order valence-electron chi connectivity index (χ3n) is 2.01. The fourth-order valence-corrected chi connectivity index (χ4v) is 1.40. The largest absolute Gasteiger partial charge is 0.469 e. The van der Waals surface area contributed by atoms with Crippen LogP contribution in [0.1, 0.15) is 8.27 Å². The summed E-state index contributed by atoms with van der Waals surface area (Å²) >= 11 is 0. The van der Waals surface area contributed by atoms with E-state index in [4.69, 9.17) is 11.2 Å². The van der Waals surface area contributed by atoms with Crippen LogP contribution in [0, 0.1) is 0 Å². The standard InChI is InChI=1S/C8H16NO10P/c1-3(10)9-8(15)7(14)6(13)5(12)4(11)2-19-20(16,17)18/h4-7,11-14H,2H2,1H3,(H,9,10,15)(H2,16,17,18)/t4-,5-,6+,7+/m1/s1/i1D. The van der Waals surface area contributed by atoms with Crippen LogP contribution in [0.2, 0.25) is 0 Å². The molecule has 0 aliphatic rings. The van der Waals surface area contributed by atoms with Crippen LogP contribution in [0.3, 0.4) is 0 Å². The Morgan fingerprint density at radius 1 is 1.25 bits per heavy atom. The quantitative estimate of drug-likeness (QED) is 0.229. The smallest absolute Gasteiger partial charge is 0.388 e. The molecule has 2 amide bonds. The number of aliphatic hydroxyl groups excluding tert-OH is 4. The number of carbonyl (C=O) groups excluding carboxylic acids is 2. The molecule has 0 saturated heterocycles. The second-order valence-electron chi connectivity index (χ2n) is 3.69. The van der Waals surface area contributed by atoms with Crippen molar-refractivity contribution in [1.82, 2.24) is 5.32 Å². The number of rotatable bonds is 7. The summed E-state index contributed by atoms with van der Waals surface area (Å²) in [6.45, 7) is -1.89. The fraction of sp³-hybridized carbons (Fsp3) is 0.750. The van der Waals surface area contributed by atoms with Gasteiger partial charge in [0, 0.05) is 8.27 Å². The Balaban J connectivity index is 4.53. The van der Waals surface area contributed by atoms with Crippen molar-refractivity contribution >= 4 is 19.6 Å². The molecular weight excluding hydrogens is 301 g/mol. The Morgan fingerprint density at radius 3 is 2.25 bits per heavy atom. The molecule has 0 saturated carbocycles. The van der Waals surface area contributed by atoms with Crippen molar-refractivity contribution in [2.24, 2.45) is 0 Å². The summed E-state index contributed by atoms with van der Waals surface area (Å²) in [4.78, 5) is 38.7. The number of imide groups is 1. The number of nitrogens with one attached hydrogen (secondary N) is 1. The van der Waals surface area contributed by atoms with Gasteiger partial charge in [0.1, 0.15) is 18.3 Å². The molecule has 0 bridgehead atoms. The van der Waals surface area contributed by atoms with E-state index < -0.39 is 57.6 Å². The van der Waals surface area contributed by atoms with E-state index in [-0.39, 0.29) is 0 Å². The number of hydrogen-bond donors (Lipinski definition) is 7. The molecule has 4 atom stereocenters. The van der Waals surface area contributed by atoms with Crippen LogP contribution in [0.5, 0.6) is 0 Å². The van der Waals surface area contributed by atoms with Gasteiger partial charge in [0.15, 0.2) is 6.10 Å². The van der Waals surface area contributed by atoms with E-state index in [2.05, 4.69) is 4.52 Å². The molecule has 0 spiro atoms. The lowest BCUT2D eigenvalue weighted by atomic mass is 10.0. The van der Waals surface area contributed by atoms with E-state index in [1.807, 2.05) is 0 Å². The Bertz CT molecular complexity index is 414. The monoisotopic (exact) mass is 318 g/mol. The van der Waals surface area contributed by atoms with Gasteiger partial charge >= 0.3 is 7.82 Å². The molecule has 12 heteroatoms. The summed E-state index contributed by atoms with van der Waals surface area (Å²) in [6.07, 6.45) is -8.80. The van der Waals surface area contributed by atoms with Crippen molar-refractivity contribution in [3.05, 3.63) is 0 Å². The summed E-state index contributed by atoms with van der Waals surface area (Å²) in [5, 5.41) is 39.0. The highest BCUT2D eigenvalue weighted by atomic mass is 31.2. The maximum absolute atomic E-state index is 11.2. The average Bonchev–Trinajstić information content (AvgIpc) is 2.40. The third kappa shape index (κ3) is 7.03. The average molecular weight is 318 g/mol. The number of aliphatic hydroxyl groups is 4. The molecule has 0 aromatic rings. The molecule has 0 radical (unpaired) electrons. The molecule has 0 unspecified atom stereocenters. The van der Waals surface area contributed by atoms with Gasteiger partial charge in [-0.3, -0.25) is 19.4 Å². The van der Waals surface area contributed by atoms with Crippen LogP contribution in [-0.2, 0) is 18.7 Å². The number of hydrogen-bond acceptors (Lipinski definition) is 8. The van der Waals surface area contributed by atoms with Crippen LogP contribution in [-0.4, -0.2) is 73.1 Å². The summed E-state index contributed by atoms with van der Waals surface area (Å²) in [7, 11) is -4.92. The van der Waals surface area contributed by atoms with Gasteiger partial charge < -0.3 is 30.2 Å². The lowest BCUT2D eigenvalue weighted by Crippen LogP contribution is -2.52. The van der Waals surface area contributed by atoms with Crippen molar-refractivity contribution in [2.75, 3.05) is 6.61 Å². The Morgan fingerprint density at radius 2 is 1.80 bits per heavy atom. The lowest BCUT2D eigenvalue weighted by molar-refractivity contribution is -0.150. The zero-order chi connectivity index (χ0) is 16.8. The second kappa shape index (κ2) is 7.76. The van der Waals surface area contributed by atoms with Gasteiger partial charge in [-0.25, -0.2) is 4.57 Å². The highest BCUT2D eigenvalue weighted by Crippen LogP contribution is 2.35. The molecule has 0 aliphatic heterocycles. The zero-order valence-corrected chi connectivity index (χ0v) is 10.9. The van der Waals surface area contributed by atoms with E-state index in [0.717, 1.165) is 0 Å². The zero-order valence-electron chi connectivity index (χ0n) is 11.0. The highest BCUT2D eigenvalue weighted by Gasteiger charge is 2.35. The molecule has 0 aromatic carbocycles. The van der Waals surface area contributed by atoms with Gasteiger partial charge in [-0.05, 0) is 0 Å². The summed E-state index contributed by atoms with van der Waals surface area (Å²) in [5.41, 5.74) is 0. The SMILES string of the molecule is [2H]CC(=O)NC(=O)[C@@H](O)[C@@H](O)[C@H](O)[C@H](O)COP(=O)(O)O. The first-order valence-corrected chi connectivity index (χ1v) is 6.58. The van der Waals surface area contributed by atoms with Gasteiger partial charge in [-0.15, -0.1) is 0 Å². The predicted octanol–water partition coefficient (Wildman–Crippen LogP) is -3.80. The molecular formula is C8H16NO10P. The molecule has 118 valence electrons. The minimum Gasteiger partial charge on any atom is -0.388 e. The van der Waals surface area contributed by atoms with Gasteiger partial charge in [0.25, 0.3) is 5.91 Å². The Kier molecular flexibility index (Phi) is 6.65. The van der Waals surface area contributed by atoms with Gasteiger partial charge in [0.2, 0.25) is 5.91 Å². The first-order valence-electron chi connectivity index (χ1n) is 5.75. The van der Waals surface area contributed by atoms with Crippen molar-refractivity contribution in [3.63, 3.8) is 0 Å². The summed E-state index contributed by atoms with van der Waals surface area (Å²) < 4.78 is 20.9. The molecule has 0 rings (SSSR count). The number of carbonyl (C=O) groups is 2. The molecule has 0 heterocycles. The Labute approximate surface area is 114 Å². The minimum absolute atomic E-state index is 0.810.